The van der Waals surface area contributed by atoms with Crippen molar-refractivity contribution in [1.82, 2.24) is 14.2 Å². The maximum atomic E-state index is 12.8. The number of nitrogens with zero attached hydrogens (tertiary/aromatic N) is 2. The van der Waals surface area contributed by atoms with Gasteiger partial charge in [0.25, 0.3) is 21.8 Å². The molecule has 0 fully saturated rings. The molecule has 2 amide bonds. The van der Waals surface area contributed by atoms with Gasteiger partial charge in [0.2, 0.25) is 0 Å². The van der Waals surface area contributed by atoms with E-state index < -0.39 is 15.9 Å². The second kappa shape index (κ2) is 8.31. The van der Waals surface area contributed by atoms with Crippen LogP contribution in [0.5, 0.6) is 0 Å². The Morgan fingerprint density at radius 2 is 1.70 bits per heavy atom. The molecule has 0 saturated carbocycles. The Kier molecular flexibility index (Phi) is 5.98. The molecule has 7 nitrogen and oxygen atoms in total. The first kappa shape index (κ1) is 21.6. The Morgan fingerprint density at radius 3 is 2.30 bits per heavy atom. The average Bonchev–Trinajstić information content (AvgIpc) is 3.09. The van der Waals surface area contributed by atoms with Gasteiger partial charge in [-0.25, -0.2) is 13.1 Å². The molecule has 3 rings (SSSR count). The zero-order chi connectivity index (χ0) is 22.1. The van der Waals surface area contributed by atoms with Gasteiger partial charge in [-0.05, 0) is 48.4 Å². The van der Waals surface area contributed by atoms with Crippen LogP contribution in [0.2, 0.25) is 0 Å². The quantitative estimate of drug-likeness (QED) is 0.655. The first-order valence-electron chi connectivity index (χ1n) is 9.57. The van der Waals surface area contributed by atoms with Crippen LogP contribution in [-0.2, 0) is 16.6 Å². The summed E-state index contributed by atoms with van der Waals surface area (Å²) >= 11 is 0. The van der Waals surface area contributed by atoms with E-state index in [0.29, 0.717) is 16.9 Å². The number of aromatic nitrogens is 1. The van der Waals surface area contributed by atoms with Crippen LogP contribution in [-0.4, -0.2) is 43.8 Å². The lowest BCUT2D eigenvalue weighted by molar-refractivity contribution is 0.0827. The molecule has 3 aromatic rings. The van der Waals surface area contributed by atoms with Gasteiger partial charge in [-0.2, -0.15) is 0 Å². The van der Waals surface area contributed by atoms with Crippen LogP contribution in [0.15, 0.2) is 59.6 Å². The van der Waals surface area contributed by atoms with Gasteiger partial charge in [-0.1, -0.05) is 19.9 Å². The minimum absolute atomic E-state index is 0.0873. The van der Waals surface area contributed by atoms with Crippen molar-refractivity contribution in [3.63, 3.8) is 0 Å². The standard InChI is InChI=1S/C22H25N3O4S/c1-15(2)14-25-13-12-18-19(6-5-7-20(18)25)21(26)23-30(28,29)17-10-8-16(9-11-17)22(27)24(3)4/h5-13,15H,14H2,1-4H3,(H,23,26). The van der Waals surface area contributed by atoms with Crippen LogP contribution >= 0.6 is 0 Å². The average molecular weight is 428 g/mol. The Balaban J connectivity index is 1.86. The second-order valence-corrected chi connectivity index (χ2v) is 9.44. The van der Waals surface area contributed by atoms with Crippen molar-refractivity contribution >= 4 is 32.7 Å². The van der Waals surface area contributed by atoms with Crippen molar-refractivity contribution in [3.05, 3.63) is 65.9 Å². The summed E-state index contributed by atoms with van der Waals surface area (Å²) in [7, 11) is -0.856. The predicted octanol–water partition coefficient (Wildman–Crippen LogP) is 3.12. The number of amides is 2. The summed E-state index contributed by atoms with van der Waals surface area (Å²) in [4.78, 5) is 26.1. The van der Waals surface area contributed by atoms with E-state index in [4.69, 9.17) is 0 Å². The van der Waals surface area contributed by atoms with E-state index in [1.165, 1.54) is 29.2 Å². The highest BCUT2D eigenvalue weighted by atomic mass is 32.2. The van der Waals surface area contributed by atoms with Gasteiger partial charge in [0.1, 0.15) is 0 Å². The molecule has 0 saturated heterocycles. The monoisotopic (exact) mass is 427 g/mol. The number of nitrogens with one attached hydrogen (secondary N) is 1. The van der Waals surface area contributed by atoms with Crippen molar-refractivity contribution in [2.45, 2.75) is 25.3 Å². The van der Waals surface area contributed by atoms with E-state index in [2.05, 4.69) is 18.6 Å². The summed E-state index contributed by atoms with van der Waals surface area (Å²) in [5, 5.41) is 0.692. The van der Waals surface area contributed by atoms with E-state index in [1.54, 1.807) is 26.2 Å². The highest BCUT2D eigenvalue weighted by Gasteiger charge is 2.21. The minimum atomic E-state index is -4.08. The number of sulfonamides is 1. The molecule has 0 unspecified atom stereocenters. The van der Waals surface area contributed by atoms with Gasteiger partial charge in [0, 0.05) is 48.9 Å². The first-order valence-corrected chi connectivity index (χ1v) is 11.0. The van der Waals surface area contributed by atoms with Crippen molar-refractivity contribution in [1.29, 1.82) is 0 Å². The smallest absolute Gasteiger partial charge is 0.265 e. The molecule has 0 aliphatic rings. The van der Waals surface area contributed by atoms with Gasteiger partial charge in [-0.3, -0.25) is 9.59 Å². The van der Waals surface area contributed by atoms with Crippen molar-refractivity contribution in [3.8, 4) is 0 Å². The topological polar surface area (TPSA) is 88.5 Å². The second-order valence-electron chi connectivity index (χ2n) is 7.76. The molecule has 0 bridgehead atoms. The molecule has 0 aliphatic heterocycles. The number of carbonyl (C=O) groups excluding carboxylic acids is 2. The van der Waals surface area contributed by atoms with Gasteiger partial charge in [0.15, 0.2) is 0 Å². The zero-order valence-electron chi connectivity index (χ0n) is 17.4. The van der Waals surface area contributed by atoms with Crippen LogP contribution < -0.4 is 4.72 Å². The summed E-state index contributed by atoms with van der Waals surface area (Å²) in [6, 6.07) is 12.5. The molecule has 8 heteroatoms. The fourth-order valence-electron chi connectivity index (χ4n) is 3.24. The van der Waals surface area contributed by atoms with Crippen LogP contribution in [0, 0.1) is 5.92 Å². The maximum Gasteiger partial charge on any atom is 0.265 e. The molecule has 158 valence electrons. The number of hydrogen-bond acceptors (Lipinski definition) is 4. The lowest BCUT2D eigenvalue weighted by Crippen LogP contribution is -2.30. The first-order chi connectivity index (χ1) is 14.1. The molecule has 1 N–H and O–H groups in total. The van der Waals surface area contributed by atoms with E-state index >= 15 is 0 Å². The van der Waals surface area contributed by atoms with Gasteiger partial charge >= 0.3 is 0 Å². The van der Waals surface area contributed by atoms with Crippen LogP contribution in [0.1, 0.15) is 34.6 Å². The number of benzene rings is 2. The van der Waals surface area contributed by atoms with E-state index in [0.717, 1.165) is 12.1 Å². The zero-order valence-corrected chi connectivity index (χ0v) is 18.2. The third-order valence-electron chi connectivity index (χ3n) is 4.66. The third-order valence-corrected chi connectivity index (χ3v) is 6.01. The van der Waals surface area contributed by atoms with Crippen LogP contribution in [0.25, 0.3) is 10.9 Å². The number of carbonyl (C=O) groups is 2. The number of rotatable bonds is 6. The van der Waals surface area contributed by atoms with Crippen molar-refractivity contribution < 1.29 is 18.0 Å². The molecule has 0 atom stereocenters. The molecule has 1 aromatic heterocycles. The molecule has 30 heavy (non-hydrogen) atoms. The summed E-state index contributed by atoms with van der Waals surface area (Å²) in [6.45, 7) is 5.00. The molecule has 0 radical (unpaired) electrons. The van der Waals surface area contributed by atoms with E-state index in [1.807, 2.05) is 22.9 Å². The molecule has 0 aliphatic carbocycles. The minimum Gasteiger partial charge on any atom is -0.347 e. The van der Waals surface area contributed by atoms with E-state index in [9.17, 15) is 18.0 Å². The van der Waals surface area contributed by atoms with Crippen LogP contribution in [0.3, 0.4) is 0 Å². The SMILES string of the molecule is CC(C)Cn1ccc2c(C(=O)NS(=O)(=O)c3ccc(C(=O)N(C)C)cc3)cccc21. The van der Waals surface area contributed by atoms with Gasteiger partial charge in [0.05, 0.1) is 4.90 Å². The van der Waals surface area contributed by atoms with Crippen molar-refractivity contribution in [2.24, 2.45) is 5.92 Å². The van der Waals surface area contributed by atoms with Crippen molar-refractivity contribution in [2.75, 3.05) is 14.1 Å². The Hall–Kier alpha value is -3.13. The lowest BCUT2D eigenvalue weighted by atomic mass is 10.1. The van der Waals surface area contributed by atoms with E-state index in [-0.39, 0.29) is 16.4 Å². The molecule has 2 aromatic carbocycles. The Labute approximate surface area is 176 Å². The largest absolute Gasteiger partial charge is 0.347 e. The Bertz CT molecular complexity index is 1190. The highest BCUT2D eigenvalue weighted by Crippen LogP contribution is 2.22. The summed E-state index contributed by atoms with van der Waals surface area (Å²) in [5.74, 6) is -0.502. The fourth-order valence-corrected chi connectivity index (χ4v) is 4.21. The summed E-state index contributed by atoms with van der Waals surface area (Å²) < 4.78 is 29.5. The molecule has 0 spiro atoms. The fraction of sp³-hybridized carbons (Fsp3) is 0.273. The molecular formula is C22H25N3O4S. The number of fused-ring (bicyclic) bond motifs is 1. The predicted molar refractivity (Wildman–Crippen MR) is 116 cm³/mol. The highest BCUT2D eigenvalue weighted by molar-refractivity contribution is 7.90. The normalized spacial score (nSPS) is 11.6. The number of hydrogen-bond donors (Lipinski definition) is 1. The third kappa shape index (κ3) is 4.38. The summed E-state index contributed by atoms with van der Waals surface area (Å²) in [5.41, 5.74) is 1.53. The maximum absolute atomic E-state index is 12.8. The van der Waals surface area contributed by atoms with Gasteiger partial charge < -0.3 is 9.47 Å². The summed E-state index contributed by atoms with van der Waals surface area (Å²) in [6.07, 6.45) is 1.90. The van der Waals surface area contributed by atoms with Crippen LogP contribution in [0.4, 0.5) is 0 Å². The van der Waals surface area contributed by atoms with Gasteiger partial charge in [-0.15, -0.1) is 0 Å². The lowest BCUT2D eigenvalue weighted by Gasteiger charge is -2.12. The molecule has 1 heterocycles. The molecular weight excluding hydrogens is 402 g/mol. The Morgan fingerprint density at radius 1 is 1.03 bits per heavy atom.